The third-order valence-corrected chi connectivity index (χ3v) is 5.34. The molecule has 0 atom stereocenters. The summed E-state index contributed by atoms with van der Waals surface area (Å²) >= 11 is 12.3. The third-order valence-electron chi connectivity index (χ3n) is 4.79. The van der Waals surface area contributed by atoms with Gasteiger partial charge in [0.2, 0.25) is 0 Å². The van der Waals surface area contributed by atoms with Gasteiger partial charge in [0, 0.05) is 10.6 Å². The Kier molecular flexibility index (Phi) is 6.02. The average molecular weight is 439 g/mol. The van der Waals surface area contributed by atoms with Gasteiger partial charge in [-0.15, -0.1) is 10.2 Å². The van der Waals surface area contributed by atoms with Gasteiger partial charge < -0.3 is 5.32 Å². The minimum absolute atomic E-state index is 0.297. The lowest BCUT2D eigenvalue weighted by Crippen LogP contribution is -2.12. The molecular formula is C23H20Cl2N4O. The maximum atomic E-state index is 12.5. The average Bonchev–Trinajstić information content (AvgIpc) is 3.15. The lowest BCUT2D eigenvalue weighted by molar-refractivity contribution is 0.102. The summed E-state index contributed by atoms with van der Waals surface area (Å²) < 4.78 is 0. The van der Waals surface area contributed by atoms with Crippen LogP contribution in [-0.2, 0) is 6.42 Å². The molecule has 3 aromatic carbocycles. The summed E-state index contributed by atoms with van der Waals surface area (Å²) in [4.78, 5) is 14.1. The Morgan fingerprint density at radius 2 is 1.73 bits per heavy atom. The summed E-state index contributed by atoms with van der Waals surface area (Å²) in [7, 11) is 0. The van der Waals surface area contributed by atoms with E-state index in [9.17, 15) is 4.79 Å². The van der Waals surface area contributed by atoms with E-state index in [1.165, 1.54) is 18.4 Å². The van der Waals surface area contributed by atoms with Gasteiger partial charge in [-0.1, -0.05) is 54.7 Å². The number of unbranched alkanes of at least 4 members (excludes halogenated alkanes) is 1. The molecule has 0 aliphatic carbocycles. The second-order valence-corrected chi connectivity index (χ2v) is 7.89. The maximum absolute atomic E-state index is 12.5. The van der Waals surface area contributed by atoms with Gasteiger partial charge in [-0.25, -0.2) is 0 Å². The minimum atomic E-state index is -0.297. The van der Waals surface area contributed by atoms with Crippen molar-refractivity contribution in [3.8, 4) is 5.69 Å². The van der Waals surface area contributed by atoms with Crippen molar-refractivity contribution in [2.75, 3.05) is 5.32 Å². The zero-order chi connectivity index (χ0) is 21.1. The number of hydrogen-bond acceptors (Lipinski definition) is 3. The first kappa shape index (κ1) is 20.4. The highest BCUT2D eigenvalue weighted by Crippen LogP contribution is 2.27. The Morgan fingerprint density at radius 3 is 2.43 bits per heavy atom. The highest BCUT2D eigenvalue weighted by molar-refractivity contribution is 6.35. The Hall–Kier alpha value is -2.89. The topological polar surface area (TPSA) is 59.8 Å². The minimum Gasteiger partial charge on any atom is -0.321 e. The molecule has 0 radical (unpaired) electrons. The largest absolute Gasteiger partial charge is 0.321 e. The lowest BCUT2D eigenvalue weighted by atomic mass is 10.1. The molecule has 152 valence electrons. The molecule has 1 heterocycles. The van der Waals surface area contributed by atoms with Crippen LogP contribution in [0.15, 0.2) is 60.7 Å². The zero-order valence-corrected chi connectivity index (χ0v) is 17.9. The summed E-state index contributed by atoms with van der Waals surface area (Å²) in [5.41, 5.74) is 4.37. The monoisotopic (exact) mass is 438 g/mol. The molecule has 4 rings (SSSR count). The fourth-order valence-corrected chi connectivity index (χ4v) is 3.55. The molecule has 0 saturated carbocycles. The summed E-state index contributed by atoms with van der Waals surface area (Å²) in [6.07, 6.45) is 3.41. The molecule has 0 bridgehead atoms. The second kappa shape index (κ2) is 8.86. The predicted molar refractivity (Wildman–Crippen MR) is 122 cm³/mol. The molecule has 1 amide bonds. The van der Waals surface area contributed by atoms with Crippen LogP contribution in [-0.4, -0.2) is 20.9 Å². The van der Waals surface area contributed by atoms with Crippen molar-refractivity contribution in [3.63, 3.8) is 0 Å². The number of amides is 1. The van der Waals surface area contributed by atoms with Crippen molar-refractivity contribution in [2.45, 2.75) is 26.2 Å². The smallest absolute Gasteiger partial charge is 0.255 e. The van der Waals surface area contributed by atoms with Gasteiger partial charge in [-0.3, -0.25) is 4.79 Å². The van der Waals surface area contributed by atoms with E-state index in [-0.39, 0.29) is 5.91 Å². The summed E-state index contributed by atoms with van der Waals surface area (Å²) in [6, 6.07) is 18.4. The molecule has 1 N–H and O–H groups in total. The van der Waals surface area contributed by atoms with Crippen LogP contribution >= 0.6 is 23.2 Å². The van der Waals surface area contributed by atoms with E-state index < -0.39 is 0 Å². The van der Waals surface area contributed by atoms with E-state index in [1.54, 1.807) is 41.2 Å². The maximum Gasteiger partial charge on any atom is 0.255 e. The zero-order valence-electron chi connectivity index (χ0n) is 16.4. The number of aromatic nitrogens is 3. The molecule has 5 nitrogen and oxygen atoms in total. The molecule has 30 heavy (non-hydrogen) atoms. The first-order valence-electron chi connectivity index (χ1n) is 9.76. The normalized spacial score (nSPS) is 11.0. The van der Waals surface area contributed by atoms with Crippen molar-refractivity contribution in [1.29, 1.82) is 0 Å². The van der Waals surface area contributed by atoms with E-state index >= 15 is 0 Å². The summed E-state index contributed by atoms with van der Waals surface area (Å²) in [5.74, 6) is -0.297. The molecule has 0 unspecified atom stereocenters. The predicted octanol–water partition coefficient (Wildman–Crippen LogP) is 6.32. The van der Waals surface area contributed by atoms with E-state index in [2.05, 4.69) is 34.6 Å². The number of nitrogens with zero attached hydrogens (tertiary/aromatic N) is 3. The molecule has 0 saturated heterocycles. The first-order valence-corrected chi connectivity index (χ1v) is 10.5. The van der Waals surface area contributed by atoms with E-state index in [4.69, 9.17) is 23.2 Å². The standard InChI is InChI=1S/C23H20Cl2N4O/c1-2-3-5-15-8-10-18(11-9-15)29-27-21-13-19(25)20(14-22(21)28-29)26-23(30)16-6-4-7-17(24)12-16/h4,6-14H,2-3,5H2,1H3,(H,26,30). The lowest BCUT2D eigenvalue weighted by Gasteiger charge is -2.07. The summed E-state index contributed by atoms with van der Waals surface area (Å²) in [5, 5.41) is 12.8. The fraction of sp³-hybridized carbons (Fsp3) is 0.174. The van der Waals surface area contributed by atoms with Crippen molar-refractivity contribution in [3.05, 3.63) is 81.8 Å². The Bertz CT molecular complexity index is 1200. The molecule has 0 fully saturated rings. The van der Waals surface area contributed by atoms with Crippen LogP contribution in [0.4, 0.5) is 5.69 Å². The Morgan fingerprint density at radius 1 is 1.00 bits per heavy atom. The van der Waals surface area contributed by atoms with E-state index in [0.717, 1.165) is 12.1 Å². The van der Waals surface area contributed by atoms with Gasteiger partial charge in [0.15, 0.2) is 0 Å². The van der Waals surface area contributed by atoms with Gasteiger partial charge in [0.1, 0.15) is 11.0 Å². The van der Waals surface area contributed by atoms with Crippen LogP contribution in [0.3, 0.4) is 0 Å². The molecule has 0 spiro atoms. The molecule has 4 aromatic rings. The van der Waals surface area contributed by atoms with Gasteiger partial charge in [-0.2, -0.15) is 4.80 Å². The molecule has 0 aliphatic heterocycles. The quantitative estimate of drug-likeness (QED) is 0.382. The number of rotatable bonds is 6. The van der Waals surface area contributed by atoms with Crippen LogP contribution in [0.1, 0.15) is 35.7 Å². The highest BCUT2D eigenvalue weighted by Gasteiger charge is 2.13. The fourth-order valence-electron chi connectivity index (χ4n) is 3.15. The van der Waals surface area contributed by atoms with Gasteiger partial charge in [0.05, 0.1) is 16.4 Å². The Balaban J connectivity index is 1.59. The second-order valence-electron chi connectivity index (χ2n) is 7.04. The van der Waals surface area contributed by atoms with E-state index in [0.29, 0.717) is 32.3 Å². The first-order chi connectivity index (χ1) is 14.5. The number of halogens is 2. The number of aryl methyl sites for hydroxylation is 1. The number of benzene rings is 3. The summed E-state index contributed by atoms with van der Waals surface area (Å²) in [6.45, 7) is 2.18. The van der Waals surface area contributed by atoms with Crippen LogP contribution in [0.2, 0.25) is 10.0 Å². The van der Waals surface area contributed by atoms with Crippen molar-refractivity contribution < 1.29 is 4.79 Å². The van der Waals surface area contributed by atoms with Crippen LogP contribution in [0.25, 0.3) is 16.7 Å². The van der Waals surface area contributed by atoms with Crippen LogP contribution in [0, 0.1) is 0 Å². The molecule has 1 aromatic heterocycles. The van der Waals surface area contributed by atoms with Crippen LogP contribution < -0.4 is 5.32 Å². The third kappa shape index (κ3) is 4.48. The SMILES string of the molecule is CCCCc1ccc(-n2nc3cc(Cl)c(NC(=O)c4cccc(Cl)c4)cc3n2)cc1. The highest BCUT2D eigenvalue weighted by atomic mass is 35.5. The molecular weight excluding hydrogens is 419 g/mol. The van der Waals surface area contributed by atoms with Gasteiger partial charge in [0.25, 0.3) is 5.91 Å². The van der Waals surface area contributed by atoms with Crippen molar-refractivity contribution in [2.24, 2.45) is 0 Å². The number of fused-ring (bicyclic) bond motifs is 1. The number of nitrogens with one attached hydrogen (secondary N) is 1. The van der Waals surface area contributed by atoms with E-state index in [1.807, 2.05) is 12.1 Å². The van der Waals surface area contributed by atoms with Gasteiger partial charge >= 0.3 is 0 Å². The molecule has 7 heteroatoms. The number of carbonyl (C=O) groups excluding carboxylic acids is 1. The number of hydrogen-bond donors (Lipinski definition) is 1. The van der Waals surface area contributed by atoms with Crippen molar-refractivity contribution in [1.82, 2.24) is 15.0 Å². The van der Waals surface area contributed by atoms with Crippen LogP contribution in [0.5, 0.6) is 0 Å². The number of carbonyl (C=O) groups is 1. The molecule has 0 aliphatic rings. The Labute approximate surface area is 184 Å². The number of anilines is 1. The van der Waals surface area contributed by atoms with Crippen molar-refractivity contribution >= 4 is 45.8 Å². The van der Waals surface area contributed by atoms with Gasteiger partial charge in [-0.05, 0) is 60.9 Å².